The SMILES string of the molecule is O=C1N(Cc2cc(Br)cc3c2OCC3)CC2CNCCN12. The van der Waals surface area contributed by atoms with Gasteiger partial charge in [0.2, 0.25) is 0 Å². The minimum atomic E-state index is 0.160. The number of nitrogens with one attached hydrogen (secondary N) is 1. The predicted molar refractivity (Wildman–Crippen MR) is 82.5 cm³/mol. The zero-order chi connectivity index (χ0) is 14.4. The Morgan fingerprint density at radius 2 is 2.33 bits per heavy atom. The summed E-state index contributed by atoms with van der Waals surface area (Å²) >= 11 is 3.56. The fraction of sp³-hybridized carbons (Fsp3) is 0.533. The van der Waals surface area contributed by atoms with E-state index < -0.39 is 0 Å². The number of hydrogen-bond donors (Lipinski definition) is 1. The van der Waals surface area contributed by atoms with Crippen LogP contribution in [-0.4, -0.2) is 54.7 Å². The molecule has 0 saturated carbocycles. The predicted octanol–water partition coefficient (Wildman–Crippen LogP) is 1.59. The molecule has 0 bridgehead atoms. The molecule has 5 nitrogen and oxygen atoms in total. The third-order valence-corrected chi connectivity index (χ3v) is 4.94. The maximum Gasteiger partial charge on any atom is 0.320 e. The van der Waals surface area contributed by atoms with E-state index in [9.17, 15) is 4.79 Å². The molecule has 2 fully saturated rings. The van der Waals surface area contributed by atoms with Gasteiger partial charge in [0, 0.05) is 42.6 Å². The zero-order valence-electron chi connectivity index (χ0n) is 11.8. The first-order valence-corrected chi connectivity index (χ1v) is 8.22. The number of carbonyl (C=O) groups excluding carboxylic acids is 1. The molecule has 4 rings (SSSR count). The van der Waals surface area contributed by atoms with E-state index >= 15 is 0 Å². The number of urea groups is 1. The summed E-state index contributed by atoms with van der Waals surface area (Å²) < 4.78 is 6.83. The van der Waals surface area contributed by atoms with Gasteiger partial charge in [-0.25, -0.2) is 4.79 Å². The van der Waals surface area contributed by atoms with Crippen LogP contribution < -0.4 is 10.1 Å². The molecular formula is C15H18BrN3O2. The molecule has 3 aliphatic rings. The van der Waals surface area contributed by atoms with Gasteiger partial charge in [-0.15, -0.1) is 0 Å². The lowest BCUT2D eigenvalue weighted by Crippen LogP contribution is -2.49. The Balaban J connectivity index is 1.58. The van der Waals surface area contributed by atoms with Crippen molar-refractivity contribution in [2.45, 2.75) is 19.0 Å². The highest BCUT2D eigenvalue weighted by Crippen LogP contribution is 2.34. The molecule has 0 aliphatic carbocycles. The van der Waals surface area contributed by atoms with Crippen molar-refractivity contribution in [2.75, 3.05) is 32.8 Å². The molecular weight excluding hydrogens is 334 g/mol. The van der Waals surface area contributed by atoms with Gasteiger partial charge in [-0.05, 0) is 17.7 Å². The lowest BCUT2D eigenvalue weighted by molar-refractivity contribution is 0.178. The molecule has 1 unspecified atom stereocenters. The van der Waals surface area contributed by atoms with Crippen LogP contribution in [0.15, 0.2) is 16.6 Å². The molecule has 2 saturated heterocycles. The van der Waals surface area contributed by atoms with Crippen molar-refractivity contribution in [3.8, 4) is 5.75 Å². The molecule has 0 spiro atoms. The van der Waals surface area contributed by atoms with Gasteiger partial charge in [0.25, 0.3) is 0 Å². The van der Waals surface area contributed by atoms with Gasteiger partial charge >= 0.3 is 6.03 Å². The second kappa shape index (κ2) is 5.18. The molecule has 1 aromatic carbocycles. The summed E-state index contributed by atoms with van der Waals surface area (Å²) in [4.78, 5) is 16.4. The van der Waals surface area contributed by atoms with Crippen LogP contribution in [0.1, 0.15) is 11.1 Å². The highest BCUT2D eigenvalue weighted by Gasteiger charge is 2.38. The average Bonchev–Trinajstić information content (AvgIpc) is 3.05. The van der Waals surface area contributed by atoms with Gasteiger partial charge in [0.1, 0.15) is 5.75 Å². The van der Waals surface area contributed by atoms with E-state index in [1.54, 1.807) is 0 Å². The molecule has 1 aromatic rings. The van der Waals surface area contributed by atoms with E-state index in [2.05, 4.69) is 33.4 Å². The lowest BCUT2D eigenvalue weighted by atomic mass is 10.1. The molecule has 0 radical (unpaired) electrons. The monoisotopic (exact) mass is 351 g/mol. The van der Waals surface area contributed by atoms with E-state index in [1.807, 2.05) is 9.80 Å². The minimum Gasteiger partial charge on any atom is -0.493 e. The fourth-order valence-electron chi connectivity index (χ4n) is 3.49. The van der Waals surface area contributed by atoms with E-state index in [0.717, 1.165) is 55.0 Å². The minimum absolute atomic E-state index is 0.160. The molecule has 2 amide bonds. The highest BCUT2D eigenvalue weighted by molar-refractivity contribution is 9.10. The van der Waals surface area contributed by atoms with Gasteiger partial charge in [-0.2, -0.15) is 0 Å². The molecule has 3 aliphatic heterocycles. The van der Waals surface area contributed by atoms with E-state index in [0.29, 0.717) is 12.6 Å². The fourth-order valence-corrected chi connectivity index (χ4v) is 4.04. The first-order chi connectivity index (χ1) is 10.2. The molecule has 1 N–H and O–H groups in total. The summed E-state index contributed by atoms with van der Waals surface area (Å²) in [6.45, 7) is 4.78. The third-order valence-electron chi connectivity index (χ3n) is 4.48. The van der Waals surface area contributed by atoms with Crippen LogP contribution in [0.2, 0.25) is 0 Å². The van der Waals surface area contributed by atoms with Crippen LogP contribution in [-0.2, 0) is 13.0 Å². The van der Waals surface area contributed by atoms with Crippen molar-refractivity contribution < 1.29 is 9.53 Å². The second-order valence-corrected chi connectivity index (χ2v) is 6.78. The summed E-state index contributed by atoms with van der Waals surface area (Å²) in [5.41, 5.74) is 2.35. The molecule has 0 aromatic heterocycles. The number of amides is 2. The van der Waals surface area contributed by atoms with E-state index in [-0.39, 0.29) is 6.03 Å². The van der Waals surface area contributed by atoms with Crippen molar-refractivity contribution in [3.05, 3.63) is 27.7 Å². The van der Waals surface area contributed by atoms with Crippen molar-refractivity contribution in [1.82, 2.24) is 15.1 Å². The number of benzene rings is 1. The van der Waals surface area contributed by atoms with Gasteiger partial charge in [0.15, 0.2) is 0 Å². The number of rotatable bonds is 2. The number of piperazine rings is 1. The largest absolute Gasteiger partial charge is 0.493 e. The summed E-state index contributed by atoms with van der Waals surface area (Å²) in [6.07, 6.45) is 0.953. The van der Waals surface area contributed by atoms with Crippen molar-refractivity contribution >= 4 is 22.0 Å². The molecule has 1 atom stereocenters. The Hall–Kier alpha value is -1.27. The maximum absolute atomic E-state index is 12.5. The van der Waals surface area contributed by atoms with E-state index in [4.69, 9.17) is 4.74 Å². The summed E-state index contributed by atoms with van der Waals surface area (Å²) in [7, 11) is 0. The Bertz CT molecular complexity index is 593. The van der Waals surface area contributed by atoms with Crippen molar-refractivity contribution in [1.29, 1.82) is 0 Å². The first-order valence-electron chi connectivity index (χ1n) is 7.43. The van der Waals surface area contributed by atoms with Crippen LogP contribution in [0.5, 0.6) is 5.75 Å². The Morgan fingerprint density at radius 1 is 1.43 bits per heavy atom. The van der Waals surface area contributed by atoms with Gasteiger partial charge in [0.05, 0.1) is 19.2 Å². The van der Waals surface area contributed by atoms with Crippen LogP contribution in [0, 0.1) is 0 Å². The smallest absolute Gasteiger partial charge is 0.320 e. The van der Waals surface area contributed by atoms with E-state index in [1.165, 1.54) is 5.56 Å². The van der Waals surface area contributed by atoms with Gasteiger partial charge in [-0.1, -0.05) is 15.9 Å². The summed E-state index contributed by atoms with van der Waals surface area (Å²) in [5.74, 6) is 0.981. The maximum atomic E-state index is 12.5. The van der Waals surface area contributed by atoms with Crippen LogP contribution in [0.4, 0.5) is 4.79 Å². The summed E-state index contributed by atoms with van der Waals surface area (Å²) in [6, 6.07) is 4.67. The lowest BCUT2D eigenvalue weighted by Gasteiger charge is -2.28. The van der Waals surface area contributed by atoms with Crippen LogP contribution >= 0.6 is 15.9 Å². The number of carbonyl (C=O) groups is 1. The zero-order valence-corrected chi connectivity index (χ0v) is 13.4. The highest BCUT2D eigenvalue weighted by atomic mass is 79.9. The molecule has 21 heavy (non-hydrogen) atoms. The quantitative estimate of drug-likeness (QED) is 0.879. The normalized spacial score (nSPS) is 24.0. The second-order valence-electron chi connectivity index (χ2n) is 5.87. The summed E-state index contributed by atoms with van der Waals surface area (Å²) in [5, 5.41) is 3.36. The number of fused-ring (bicyclic) bond motifs is 2. The first kappa shape index (κ1) is 13.4. The van der Waals surface area contributed by atoms with Crippen molar-refractivity contribution in [3.63, 3.8) is 0 Å². The van der Waals surface area contributed by atoms with Crippen molar-refractivity contribution in [2.24, 2.45) is 0 Å². The Morgan fingerprint density at radius 3 is 3.19 bits per heavy atom. The standard InChI is InChI=1S/C15H18BrN3O2/c16-12-5-10-1-4-21-14(10)11(6-12)8-18-9-13-7-17-2-3-19(13)15(18)20/h5-6,13,17H,1-4,7-9H2. The molecule has 112 valence electrons. The van der Waals surface area contributed by atoms with Gasteiger partial charge in [-0.3, -0.25) is 0 Å². The molecule has 6 heteroatoms. The number of hydrogen-bond acceptors (Lipinski definition) is 3. The molecule has 3 heterocycles. The van der Waals surface area contributed by atoms with Crippen LogP contribution in [0.25, 0.3) is 0 Å². The van der Waals surface area contributed by atoms with Crippen LogP contribution in [0.3, 0.4) is 0 Å². The number of halogens is 1. The topological polar surface area (TPSA) is 44.8 Å². The number of ether oxygens (including phenoxy) is 1. The third kappa shape index (κ3) is 2.30. The Labute approximate surface area is 132 Å². The Kier molecular flexibility index (Phi) is 3.30. The number of nitrogens with zero attached hydrogens (tertiary/aromatic N) is 2. The average molecular weight is 352 g/mol. The van der Waals surface area contributed by atoms with Gasteiger partial charge < -0.3 is 19.9 Å².